The molecule has 0 aromatic heterocycles. The fourth-order valence-corrected chi connectivity index (χ4v) is 2.71. The number of carbonyl (C=O) groups is 3. The molecule has 0 aliphatic heterocycles. The lowest BCUT2D eigenvalue weighted by Crippen LogP contribution is -2.38. The maximum Gasteiger partial charge on any atom is 0.243 e. The Bertz CT molecular complexity index is 874. The van der Waals surface area contributed by atoms with Crippen LogP contribution in [0.3, 0.4) is 0 Å². The molecule has 2 aromatic carbocycles. The Labute approximate surface area is 170 Å². The van der Waals surface area contributed by atoms with Crippen LogP contribution >= 0.6 is 0 Å². The summed E-state index contributed by atoms with van der Waals surface area (Å²) in [6, 6.07) is 14.7. The van der Waals surface area contributed by atoms with Crippen molar-refractivity contribution >= 4 is 34.8 Å². The molecule has 0 radical (unpaired) electrons. The number of amides is 3. The molecule has 0 unspecified atom stereocenters. The molecule has 1 fully saturated rings. The summed E-state index contributed by atoms with van der Waals surface area (Å²) in [5.41, 5.74) is 3.32. The molecule has 0 bridgehead atoms. The summed E-state index contributed by atoms with van der Waals surface area (Å²) in [7, 11) is 1.59. The molecule has 29 heavy (non-hydrogen) atoms. The number of anilines is 3. The molecule has 7 nitrogen and oxygen atoms in total. The fourth-order valence-electron chi connectivity index (χ4n) is 2.71. The van der Waals surface area contributed by atoms with Gasteiger partial charge in [0.2, 0.25) is 17.7 Å². The maximum absolute atomic E-state index is 12.3. The van der Waals surface area contributed by atoms with E-state index in [4.69, 9.17) is 0 Å². The molecule has 0 heterocycles. The lowest BCUT2D eigenvalue weighted by molar-refractivity contribution is -0.131. The molecule has 0 spiro atoms. The zero-order valence-corrected chi connectivity index (χ0v) is 16.7. The number of aryl methyl sites for hydroxylation is 1. The Balaban J connectivity index is 1.41. The summed E-state index contributed by atoms with van der Waals surface area (Å²) in [4.78, 5) is 37.5. The highest BCUT2D eigenvalue weighted by molar-refractivity contribution is 5.95. The first-order chi connectivity index (χ1) is 13.9. The second kappa shape index (κ2) is 9.23. The van der Waals surface area contributed by atoms with E-state index < -0.39 is 0 Å². The predicted molar refractivity (Wildman–Crippen MR) is 114 cm³/mol. The van der Waals surface area contributed by atoms with Crippen LogP contribution in [0.15, 0.2) is 48.5 Å². The average molecular weight is 394 g/mol. The third kappa shape index (κ3) is 6.34. The van der Waals surface area contributed by atoms with Crippen LogP contribution in [0.5, 0.6) is 0 Å². The zero-order valence-electron chi connectivity index (χ0n) is 16.7. The van der Waals surface area contributed by atoms with E-state index in [1.54, 1.807) is 31.3 Å². The predicted octanol–water partition coefficient (Wildman–Crippen LogP) is 2.85. The van der Waals surface area contributed by atoms with Gasteiger partial charge in [0.1, 0.15) is 0 Å². The number of benzene rings is 2. The van der Waals surface area contributed by atoms with E-state index in [0.29, 0.717) is 5.69 Å². The summed E-state index contributed by atoms with van der Waals surface area (Å²) in [6.45, 7) is 2.02. The minimum atomic E-state index is -0.250. The van der Waals surface area contributed by atoms with E-state index in [1.807, 2.05) is 31.2 Å². The summed E-state index contributed by atoms with van der Waals surface area (Å²) < 4.78 is 0. The van der Waals surface area contributed by atoms with Crippen molar-refractivity contribution in [3.8, 4) is 0 Å². The minimum absolute atomic E-state index is 0.0273. The van der Waals surface area contributed by atoms with E-state index >= 15 is 0 Å². The van der Waals surface area contributed by atoms with Gasteiger partial charge in [-0.1, -0.05) is 17.7 Å². The monoisotopic (exact) mass is 394 g/mol. The Morgan fingerprint density at radius 3 is 2.07 bits per heavy atom. The summed E-state index contributed by atoms with van der Waals surface area (Å²) >= 11 is 0. The van der Waals surface area contributed by atoms with Gasteiger partial charge in [-0.2, -0.15) is 0 Å². The van der Waals surface area contributed by atoms with E-state index in [9.17, 15) is 14.4 Å². The number of nitrogens with zero attached hydrogens (tertiary/aromatic N) is 1. The normalized spacial score (nSPS) is 12.8. The van der Waals surface area contributed by atoms with Gasteiger partial charge in [-0.25, -0.2) is 0 Å². The van der Waals surface area contributed by atoms with E-state index in [2.05, 4.69) is 16.0 Å². The first-order valence-electron chi connectivity index (χ1n) is 9.66. The summed E-state index contributed by atoms with van der Waals surface area (Å²) in [5, 5.41) is 8.68. The molecule has 0 saturated heterocycles. The van der Waals surface area contributed by atoms with Crippen LogP contribution < -0.4 is 16.0 Å². The fraction of sp³-hybridized carbons (Fsp3) is 0.318. The standard InChI is InChI=1S/C22H26N4O3/c1-15-3-7-18(8-4-15)24-20(27)14-26(2)21(28)13-23-17-9-11-19(12-10-17)25-22(29)16-5-6-16/h3-4,7-12,16,23H,5-6,13-14H2,1-2H3,(H,24,27)(H,25,29). The van der Waals surface area contributed by atoms with Crippen molar-refractivity contribution in [3.05, 3.63) is 54.1 Å². The lowest BCUT2D eigenvalue weighted by Gasteiger charge is -2.17. The van der Waals surface area contributed by atoms with E-state index in [0.717, 1.165) is 29.8 Å². The third-order valence-electron chi connectivity index (χ3n) is 4.69. The SMILES string of the molecule is Cc1ccc(NC(=O)CN(C)C(=O)CNc2ccc(NC(=O)C3CC3)cc2)cc1. The van der Waals surface area contributed by atoms with Gasteiger partial charge in [0, 0.05) is 30.0 Å². The highest BCUT2D eigenvalue weighted by atomic mass is 16.2. The largest absolute Gasteiger partial charge is 0.376 e. The lowest BCUT2D eigenvalue weighted by atomic mass is 10.2. The number of hydrogen-bond acceptors (Lipinski definition) is 4. The number of carbonyl (C=O) groups excluding carboxylic acids is 3. The Morgan fingerprint density at radius 2 is 1.45 bits per heavy atom. The molecule has 1 aliphatic carbocycles. The molecule has 3 rings (SSSR count). The van der Waals surface area contributed by atoms with Crippen molar-refractivity contribution in [1.29, 1.82) is 0 Å². The smallest absolute Gasteiger partial charge is 0.243 e. The molecule has 152 valence electrons. The second-order valence-electron chi connectivity index (χ2n) is 7.36. The molecule has 3 amide bonds. The van der Waals surface area contributed by atoms with Gasteiger partial charge in [-0.15, -0.1) is 0 Å². The number of rotatable bonds is 8. The van der Waals surface area contributed by atoms with Gasteiger partial charge in [-0.3, -0.25) is 14.4 Å². The molecule has 0 atom stereocenters. The topological polar surface area (TPSA) is 90.5 Å². The molecule has 7 heteroatoms. The van der Waals surface area contributed by atoms with Crippen molar-refractivity contribution in [2.24, 2.45) is 5.92 Å². The van der Waals surface area contributed by atoms with Gasteiger partial charge < -0.3 is 20.9 Å². The van der Waals surface area contributed by atoms with Crippen LogP contribution in [0.2, 0.25) is 0 Å². The van der Waals surface area contributed by atoms with Gasteiger partial charge in [0.15, 0.2) is 0 Å². The van der Waals surface area contributed by atoms with Gasteiger partial charge in [0.25, 0.3) is 0 Å². The van der Waals surface area contributed by atoms with Crippen molar-refractivity contribution < 1.29 is 14.4 Å². The maximum atomic E-state index is 12.3. The summed E-state index contributed by atoms with van der Waals surface area (Å²) in [5.74, 6) is -0.230. The average Bonchev–Trinajstić information content (AvgIpc) is 3.54. The second-order valence-corrected chi connectivity index (χ2v) is 7.36. The molecule has 1 saturated carbocycles. The Kier molecular flexibility index (Phi) is 6.49. The van der Waals surface area contributed by atoms with Gasteiger partial charge in [0.05, 0.1) is 13.1 Å². The Morgan fingerprint density at radius 1 is 0.897 bits per heavy atom. The van der Waals surface area contributed by atoms with E-state index in [-0.39, 0.29) is 36.7 Å². The zero-order chi connectivity index (χ0) is 20.8. The molecular formula is C22H26N4O3. The molecular weight excluding hydrogens is 368 g/mol. The van der Waals surface area contributed by atoms with E-state index in [1.165, 1.54) is 4.90 Å². The number of nitrogens with one attached hydrogen (secondary N) is 3. The summed E-state index contributed by atoms with van der Waals surface area (Å²) in [6.07, 6.45) is 1.92. The van der Waals surface area contributed by atoms with Gasteiger partial charge in [-0.05, 0) is 56.2 Å². The van der Waals surface area contributed by atoms with Crippen LogP contribution in [-0.2, 0) is 14.4 Å². The first-order valence-corrected chi connectivity index (χ1v) is 9.66. The Hall–Kier alpha value is -3.35. The quantitative estimate of drug-likeness (QED) is 0.642. The van der Waals surface area contributed by atoms with Crippen LogP contribution in [0.1, 0.15) is 18.4 Å². The number of hydrogen-bond donors (Lipinski definition) is 3. The highest BCUT2D eigenvalue weighted by Gasteiger charge is 2.29. The van der Waals surface area contributed by atoms with Crippen LogP contribution in [0.4, 0.5) is 17.1 Å². The molecule has 3 N–H and O–H groups in total. The van der Waals surface area contributed by atoms with Crippen LogP contribution in [0, 0.1) is 12.8 Å². The van der Waals surface area contributed by atoms with Crippen molar-refractivity contribution in [3.63, 3.8) is 0 Å². The molecule has 1 aliphatic rings. The van der Waals surface area contributed by atoms with Crippen molar-refractivity contribution in [2.45, 2.75) is 19.8 Å². The van der Waals surface area contributed by atoms with Crippen LogP contribution in [-0.4, -0.2) is 42.8 Å². The highest BCUT2D eigenvalue weighted by Crippen LogP contribution is 2.30. The van der Waals surface area contributed by atoms with Crippen LogP contribution in [0.25, 0.3) is 0 Å². The minimum Gasteiger partial charge on any atom is -0.376 e. The third-order valence-corrected chi connectivity index (χ3v) is 4.69. The number of likely N-dealkylation sites (N-methyl/N-ethyl adjacent to an activating group) is 1. The first kappa shape index (κ1) is 20.4. The molecule has 2 aromatic rings. The van der Waals surface area contributed by atoms with Gasteiger partial charge >= 0.3 is 0 Å². The van der Waals surface area contributed by atoms with Crippen molar-refractivity contribution in [2.75, 3.05) is 36.1 Å². The van der Waals surface area contributed by atoms with Crippen molar-refractivity contribution in [1.82, 2.24) is 4.90 Å².